The van der Waals surface area contributed by atoms with Crippen LogP contribution in [0.3, 0.4) is 0 Å². The number of morpholine rings is 1. The van der Waals surface area contributed by atoms with E-state index < -0.39 is 0 Å². The molecule has 0 spiro atoms. The summed E-state index contributed by atoms with van der Waals surface area (Å²) in [5.41, 5.74) is 0.854. The molecule has 2 aromatic rings. The van der Waals surface area contributed by atoms with Crippen molar-refractivity contribution in [2.75, 3.05) is 31.3 Å². The molecule has 2 aromatic heterocycles. The highest BCUT2D eigenvalue weighted by Gasteiger charge is 2.14. The molecular weight excluding hydrogens is 194 g/mol. The number of ether oxygens (including phenoxy) is 1. The molecule has 15 heavy (non-hydrogen) atoms. The van der Waals surface area contributed by atoms with Crippen LogP contribution in [0, 0.1) is 0 Å². The molecule has 0 aromatic carbocycles. The van der Waals surface area contributed by atoms with Crippen LogP contribution in [-0.4, -0.2) is 46.2 Å². The molecule has 1 fully saturated rings. The molecule has 0 bridgehead atoms. The Labute approximate surface area is 86.5 Å². The monoisotopic (exact) mass is 205 g/mol. The number of nitrogens with zero attached hydrogens (tertiary/aromatic N) is 5. The van der Waals surface area contributed by atoms with E-state index >= 15 is 0 Å². The Morgan fingerprint density at radius 2 is 2.07 bits per heavy atom. The van der Waals surface area contributed by atoms with E-state index in [0.29, 0.717) is 0 Å². The van der Waals surface area contributed by atoms with Gasteiger partial charge in [0.05, 0.1) is 37.9 Å². The molecule has 3 heterocycles. The third-order valence-electron chi connectivity index (χ3n) is 2.47. The van der Waals surface area contributed by atoms with Gasteiger partial charge in [0.1, 0.15) is 6.33 Å². The Balaban J connectivity index is 2.02. The zero-order valence-corrected chi connectivity index (χ0v) is 8.20. The maximum absolute atomic E-state index is 5.29. The summed E-state index contributed by atoms with van der Waals surface area (Å²) in [5.74, 6) is 0. The van der Waals surface area contributed by atoms with Crippen molar-refractivity contribution in [2.24, 2.45) is 0 Å². The number of rotatable bonds is 1. The molecule has 6 nitrogen and oxygen atoms in total. The number of fused-ring (bicyclic) bond motifs is 1. The second kappa shape index (κ2) is 3.47. The van der Waals surface area contributed by atoms with Crippen LogP contribution in [0.25, 0.3) is 11.0 Å². The van der Waals surface area contributed by atoms with E-state index in [1.807, 2.05) is 4.79 Å². The molecule has 1 aliphatic rings. The summed E-state index contributed by atoms with van der Waals surface area (Å²) in [5, 5.41) is 7.39. The summed E-state index contributed by atoms with van der Waals surface area (Å²) in [4.78, 5) is 10.0. The van der Waals surface area contributed by atoms with Gasteiger partial charge in [-0.2, -0.15) is 9.89 Å². The maximum Gasteiger partial charge on any atom is 0.183 e. The van der Waals surface area contributed by atoms with Gasteiger partial charge >= 0.3 is 0 Å². The predicted molar refractivity (Wildman–Crippen MR) is 54.1 cm³/mol. The van der Waals surface area contributed by atoms with Crippen molar-refractivity contribution in [3.8, 4) is 0 Å². The van der Waals surface area contributed by atoms with Crippen molar-refractivity contribution in [1.82, 2.24) is 19.9 Å². The van der Waals surface area contributed by atoms with E-state index in [0.717, 1.165) is 37.3 Å². The Kier molecular flexibility index (Phi) is 1.99. The molecule has 0 aliphatic carbocycles. The lowest BCUT2D eigenvalue weighted by Crippen LogP contribution is -2.44. The quantitative estimate of drug-likeness (QED) is 0.645. The van der Waals surface area contributed by atoms with Crippen LogP contribution >= 0.6 is 0 Å². The Hall–Kier alpha value is -1.69. The molecule has 0 unspecified atom stereocenters. The van der Waals surface area contributed by atoms with Crippen LogP contribution in [-0.2, 0) is 4.74 Å². The van der Waals surface area contributed by atoms with Gasteiger partial charge in [0.2, 0.25) is 0 Å². The van der Waals surface area contributed by atoms with Gasteiger partial charge in [0.15, 0.2) is 5.65 Å². The first kappa shape index (κ1) is 8.60. The van der Waals surface area contributed by atoms with Crippen LogP contribution in [0.5, 0.6) is 0 Å². The summed E-state index contributed by atoms with van der Waals surface area (Å²) < 4.78 is 5.29. The van der Waals surface area contributed by atoms with Crippen LogP contribution < -0.4 is 5.01 Å². The molecule has 0 radical (unpaired) electrons. The largest absolute Gasteiger partial charge is 0.378 e. The first-order valence-corrected chi connectivity index (χ1v) is 4.92. The average Bonchev–Trinajstić information content (AvgIpc) is 2.74. The molecule has 0 atom stereocenters. The van der Waals surface area contributed by atoms with E-state index in [4.69, 9.17) is 4.74 Å². The van der Waals surface area contributed by atoms with Gasteiger partial charge in [-0.1, -0.05) is 0 Å². The molecule has 6 heteroatoms. The highest BCUT2D eigenvalue weighted by molar-refractivity contribution is 5.73. The first-order valence-electron chi connectivity index (χ1n) is 4.92. The van der Waals surface area contributed by atoms with E-state index in [-0.39, 0.29) is 0 Å². The Morgan fingerprint density at radius 1 is 1.20 bits per heavy atom. The molecular formula is C9H11N5O. The van der Waals surface area contributed by atoms with Crippen molar-refractivity contribution in [1.29, 1.82) is 0 Å². The highest BCUT2D eigenvalue weighted by Crippen LogP contribution is 2.09. The summed E-state index contributed by atoms with van der Waals surface area (Å²) in [6, 6.07) is 0. The van der Waals surface area contributed by atoms with E-state index in [2.05, 4.69) is 20.1 Å². The van der Waals surface area contributed by atoms with Crippen molar-refractivity contribution >= 4 is 11.0 Å². The second-order valence-electron chi connectivity index (χ2n) is 3.40. The molecule has 78 valence electrons. The lowest BCUT2D eigenvalue weighted by molar-refractivity contribution is 0.110. The fourth-order valence-electron chi connectivity index (χ4n) is 1.71. The lowest BCUT2D eigenvalue weighted by atomic mass is 10.4. The number of aromatic nitrogens is 4. The van der Waals surface area contributed by atoms with Gasteiger partial charge in [-0.3, -0.25) is 5.01 Å². The number of hydrogen-bond acceptors (Lipinski definition) is 5. The Bertz CT molecular complexity index is 462. The molecule has 0 amide bonds. The van der Waals surface area contributed by atoms with Crippen molar-refractivity contribution in [3.63, 3.8) is 0 Å². The third kappa shape index (κ3) is 1.42. The summed E-state index contributed by atoms with van der Waals surface area (Å²) in [6.07, 6.45) is 5.10. The van der Waals surface area contributed by atoms with Gasteiger partial charge < -0.3 is 4.74 Å². The van der Waals surface area contributed by atoms with Crippen LogP contribution in [0.2, 0.25) is 0 Å². The summed E-state index contributed by atoms with van der Waals surface area (Å²) >= 11 is 0. The van der Waals surface area contributed by atoms with Crippen molar-refractivity contribution in [2.45, 2.75) is 0 Å². The van der Waals surface area contributed by atoms with Crippen molar-refractivity contribution < 1.29 is 4.74 Å². The topological polar surface area (TPSA) is 56.1 Å². The van der Waals surface area contributed by atoms with Gasteiger partial charge in [0, 0.05) is 6.20 Å². The van der Waals surface area contributed by atoms with Crippen LogP contribution in [0.15, 0.2) is 18.7 Å². The third-order valence-corrected chi connectivity index (χ3v) is 2.47. The molecule has 1 aliphatic heterocycles. The minimum atomic E-state index is 0.742. The van der Waals surface area contributed by atoms with E-state index in [1.54, 1.807) is 18.7 Å². The van der Waals surface area contributed by atoms with Gasteiger partial charge in [0.25, 0.3) is 0 Å². The smallest absolute Gasteiger partial charge is 0.183 e. The SMILES string of the molecule is c1ncc2cnn(N3CCOCC3)c2n1. The van der Waals surface area contributed by atoms with E-state index in [1.165, 1.54) is 0 Å². The normalized spacial score (nSPS) is 17.2. The van der Waals surface area contributed by atoms with Gasteiger partial charge in [-0.05, 0) is 0 Å². The second-order valence-corrected chi connectivity index (χ2v) is 3.40. The zero-order chi connectivity index (χ0) is 10.1. The zero-order valence-electron chi connectivity index (χ0n) is 8.20. The maximum atomic E-state index is 5.29. The predicted octanol–water partition coefficient (Wildman–Crippen LogP) is -0.206. The van der Waals surface area contributed by atoms with Crippen LogP contribution in [0.1, 0.15) is 0 Å². The van der Waals surface area contributed by atoms with Gasteiger partial charge in [-0.25, -0.2) is 9.97 Å². The average molecular weight is 205 g/mol. The standard InChI is InChI=1S/C9H11N5O/c1-3-15-4-2-13(1)14-9-8(6-12-14)5-10-7-11-9/h5-7H,1-4H2. The molecule has 3 rings (SSSR count). The minimum Gasteiger partial charge on any atom is -0.378 e. The first-order chi connectivity index (χ1) is 7.45. The minimum absolute atomic E-state index is 0.742. The Morgan fingerprint density at radius 3 is 2.93 bits per heavy atom. The number of hydrogen-bond donors (Lipinski definition) is 0. The fourth-order valence-corrected chi connectivity index (χ4v) is 1.71. The molecule has 0 saturated carbocycles. The molecule has 1 saturated heterocycles. The molecule has 0 N–H and O–H groups in total. The van der Waals surface area contributed by atoms with E-state index in [9.17, 15) is 0 Å². The highest BCUT2D eigenvalue weighted by atomic mass is 16.5. The summed E-state index contributed by atoms with van der Waals surface area (Å²) in [7, 11) is 0. The van der Waals surface area contributed by atoms with Gasteiger partial charge in [-0.15, -0.1) is 0 Å². The van der Waals surface area contributed by atoms with Crippen LogP contribution in [0.4, 0.5) is 0 Å². The fraction of sp³-hybridized carbons (Fsp3) is 0.444. The lowest BCUT2D eigenvalue weighted by Gasteiger charge is -2.28. The van der Waals surface area contributed by atoms with Crippen molar-refractivity contribution in [3.05, 3.63) is 18.7 Å². The summed E-state index contributed by atoms with van der Waals surface area (Å²) in [6.45, 7) is 3.18.